The van der Waals surface area contributed by atoms with Gasteiger partial charge in [0.25, 0.3) is 5.91 Å². The molecule has 2 heterocycles. The van der Waals surface area contributed by atoms with E-state index in [2.05, 4.69) is 5.32 Å². The maximum Gasteiger partial charge on any atom is 0.324 e. The molecule has 1 fully saturated rings. The van der Waals surface area contributed by atoms with Crippen LogP contribution in [-0.4, -0.2) is 40.6 Å². The summed E-state index contributed by atoms with van der Waals surface area (Å²) in [5.74, 6) is -0.227. The summed E-state index contributed by atoms with van der Waals surface area (Å²) in [6.45, 7) is 3.59. The number of thiophene rings is 1. The van der Waals surface area contributed by atoms with Crippen LogP contribution in [0.15, 0.2) is 17.1 Å². The lowest BCUT2D eigenvalue weighted by molar-refractivity contribution is -0.380. The van der Waals surface area contributed by atoms with Crippen molar-refractivity contribution in [1.82, 2.24) is 10.2 Å². The number of ether oxygens (including phenoxy) is 1. The third-order valence-electron chi connectivity index (χ3n) is 2.93. The molecular weight excluding hydrogens is 326 g/mol. The zero-order valence-corrected chi connectivity index (χ0v) is 13.5. The van der Waals surface area contributed by atoms with Crippen molar-refractivity contribution < 1.29 is 14.5 Å². The molecule has 0 aromatic carbocycles. The van der Waals surface area contributed by atoms with Gasteiger partial charge in [0.15, 0.2) is 5.11 Å². The SMILES string of the molecule is CCOCCCN1C(=O)/C(=C\c2csc([N+](=O)[O-])c2)NC1=S. The summed E-state index contributed by atoms with van der Waals surface area (Å²) in [6, 6.07) is 1.42. The number of hydrogen-bond donors (Lipinski definition) is 1. The second-order valence-electron chi connectivity index (χ2n) is 4.47. The molecule has 0 unspecified atom stereocenters. The predicted octanol–water partition coefficient (Wildman–Crippen LogP) is 2.14. The highest BCUT2D eigenvalue weighted by Crippen LogP contribution is 2.25. The molecule has 1 saturated heterocycles. The summed E-state index contributed by atoms with van der Waals surface area (Å²) in [4.78, 5) is 23.9. The average Bonchev–Trinajstić information content (AvgIpc) is 3.03. The molecule has 1 amide bonds. The lowest BCUT2D eigenvalue weighted by Crippen LogP contribution is -2.32. The molecule has 7 nitrogen and oxygen atoms in total. The quantitative estimate of drug-likeness (QED) is 0.269. The molecule has 0 aliphatic carbocycles. The average molecular weight is 341 g/mol. The number of nitrogens with zero attached hydrogens (tertiary/aromatic N) is 2. The highest BCUT2D eigenvalue weighted by atomic mass is 32.1. The normalized spacial score (nSPS) is 16.4. The smallest absolute Gasteiger partial charge is 0.324 e. The minimum Gasteiger partial charge on any atom is -0.382 e. The molecule has 9 heteroatoms. The maximum atomic E-state index is 12.3. The first-order valence-corrected chi connectivity index (χ1v) is 7.97. The van der Waals surface area contributed by atoms with Gasteiger partial charge in [-0.2, -0.15) is 0 Å². The molecule has 1 aliphatic rings. The lowest BCUT2D eigenvalue weighted by atomic mass is 10.2. The van der Waals surface area contributed by atoms with E-state index in [4.69, 9.17) is 17.0 Å². The van der Waals surface area contributed by atoms with E-state index in [1.807, 2.05) is 6.92 Å². The molecule has 0 atom stereocenters. The van der Waals surface area contributed by atoms with Gasteiger partial charge in [0, 0.05) is 31.2 Å². The van der Waals surface area contributed by atoms with Gasteiger partial charge in [-0.05, 0) is 37.2 Å². The number of nitrogens with one attached hydrogen (secondary N) is 1. The minimum atomic E-state index is -0.457. The third kappa shape index (κ3) is 3.87. The van der Waals surface area contributed by atoms with E-state index in [1.165, 1.54) is 11.0 Å². The van der Waals surface area contributed by atoms with Crippen molar-refractivity contribution in [3.05, 3.63) is 32.8 Å². The van der Waals surface area contributed by atoms with Crippen molar-refractivity contribution >= 4 is 45.7 Å². The van der Waals surface area contributed by atoms with E-state index in [9.17, 15) is 14.9 Å². The van der Waals surface area contributed by atoms with E-state index in [1.54, 1.807) is 11.5 Å². The van der Waals surface area contributed by atoms with Crippen molar-refractivity contribution in [3.8, 4) is 0 Å². The van der Waals surface area contributed by atoms with Gasteiger partial charge < -0.3 is 10.1 Å². The first-order valence-electron chi connectivity index (χ1n) is 6.68. The Labute approximate surface area is 136 Å². The molecule has 118 valence electrons. The van der Waals surface area contributed by atoms with Crippen LogP contribution in [0.1, 0.15) is 18.9 Å². The Bertz CT molecular complexity index is 627. The molecular formula is C13H15N3O4S2. The van der Waals surface area contributed by atoms with Crippen LogP contribution >= 0.6 is 23.6 Å². The number of rotatable bonds is 7. The molecule has 22 heavy (non-hydrogen) atoms. The number of carbonyl (C=O) groups excluding carboxylic acids is 1. The highest BCUT2D eigenvalue weighted by Gasteiger charge is 2.30. The van der Waals surface area contributed by atoms with Crippen molar-refractivity contribution in [2.75, 3.05) is 19.8 Å². The molecule has 2 rings (SSSR count). The minimum absolute atomic E-state index is 0.0356. The molecule has 1 aromatic heterocycles. The number of amides is 1. The van der Waals surface area contributed by atoms with E-state index >= 15 is 0 Å². The molecule has 0 radical (unpaired) electrons. The summed E-state index contributed by atoms with van der Waals surface area (Å²) in [6.07, 6.45) is 2.26. The predicted molar refractivity (Wildman–Crippen MR) is 87.5 cm³/mol. The Balaban J connectivity index is 2.03. The van der Waals surface area contributed by atoms with Crippen molar-refractivity contribution in [3.63, 3.8) is 0 Å². The first-order chi connectivity index (χ1) is 10.5. The molecule has 0 spiro atoms. The fourth-order valence-corrected chi connectivity index (χ4v) is 2.89. The molecule has 1 aliphatic heterocycles. The summed E-state index contributed by atoms with van der Waals surface area (Å²) < 4.78 is 5.23. The van der Waals surface area contributed by atoms with Crippen LogP contribution in [0.5, 0.6) is 0 Å². The summed E-state index contributed by atoms with van der Waals surface area (Å²) in [5, 5.41) is 15.5. The Morgan fingerprint density at radius 3 is 3.00 bits per heavy atom. The van der Waals surface area contributed by atoms with Gasteiger partial charge in [-0.15, -0.1) is 0 Å². The van der Waals surface area contributed by atoms with Gasteiger partial charge in [0.1, 0.15) is 5.70 Å². The van der Waals surface area contributed by atoms with Crippen LogP contribution in [0.2, 0.25) is 0 Å². The van der Waals surface area contributed by atoms with Crippen LogP contribution < -0.4 is 5.32 Å². The van der Waals surface area contributed by atoms with Crippen LogP contribution in [0.3, 0.4) is 0 Å². The lowest BCUT2D eigenvalue weighted by Gasteiger charge is -2.13. The number of thiocarbonyl (C=S) groups is 1. The Morgan fingerprint density at radius 1 is 1.59 bits per heavy atom. The van der Waals surface area contributed by atoms with Gasteiger partial charge in [-0.25, -0.2) is 0 Å². The fourth-order valence-electron chi connectivity index (χ4n) is 1.92. The topological polar surface area (TPSA) is 84.7 Å². The van der Waals surface area contributed by atoms with Crippen molar-refractivity contribution in [2.24, 2.45) is 0 Å². The zero-order valence-electron chi connectivity index (χ0n) is 11.9. The molecule has 1 N–H and O–H groups in total. The van der Waals surface area contributed by atoms with Crippen LogP contribution in [-0.2, 0) is 9.53 Å². The molecule has 0 saturated carbocycles. The Hall–Kier alpha value is -1.84. The summed E-state index contributed by atoms with van der Waals surface area (Å²) >= 11 is 6.16. The van der Waals surface area contributed by atoms with Crippen LogP contribution in [0.25, 0.3) is 6.08 Å². The second-order valence-corrected chi connectivity index (χ2v) is 5.75. The van der Waals surface area contributed by atoms with Gasteiger partial charge >= 0.3 is 5.00 Å². The monoisotopic (exact) mass is 341 g/mol. The standard InChI is InChI=1S/C13H15N3O4S2/c1-2-20-5-3-4-15-12(17)10(14-13(15)21)6-9-7-11(16(18)19)22-8-9/h6-8H,2-5H2,1H3,(H,14,21)/b10-6+. The van der Waals surface area contributed by atoms with Gasteiger partial charge in [-0.1, -0.05) is 11.3 Å². The highest BCUT2D eigenvalue weighted by molar-refractivity contribution is 7.80. The fraction of sp³-hybridized carbons (Fsp3) is 0.385. The van der Waals surface area contributed by atoms with E-state index in [0.29, 0.717) is 42.6 Å². The summed E-state index contributed by atoms with van der Waals surface area (Å²) in [5.41, 5.74) is 0.931. The zero-order chi connectivity index (χ0) is 16.1. The van der Waals surface area contributed by atoms with E-state index in [0.717, 1.165) is 11.3 Å². The van der Waals surface area contributed by atoms with Crippen LogP contribution in [0, 0.1) is 10.1 Å². The van der Waals surface area contributed by atoms with Crippen LogP contribution in [0.4, 0.5) is 5.00 Å². The third-order valence-corrected chi connectivity index (χ3v) is 4.15. The number of carbonyl (C=O) groups is 1. The Kier molecular flexibility index (Phi) is 5.58. The van der Waals surface area contributed by atoms with Gasteiger partial charge in [0.05, 0.1) is 4.92 Å². The molecule has 0 bridgehead atoms. The van der Waals surface area contributed by atoms with Crippen molar-refractivity contribution in [1.29, 1.82) is 0 Å². The second kappa shape index (κ2) is 7.43. The van der Waals surface area contributed by atoms with Gasteiger partial charge in [0.2, 0.25) is 0 Å². The maximum absolute atomic E-state index is 12.3. The largest absolute Gasteiger partial charge is 0.382 e. The van der Waals surface area contributed by atoms with Gasteiger partial charge in [-0.3, -0.25) is 19.8 Å². The number of nitro groups is 1. The number of hydrogen-bond acceptors (Lipinski definition) is 6. The van der Waals surface area contributed by atoms with E-state index in [-0.39, 0.29) is 10.9 Å². The Morgan fingerprint density at radius 2 is 2.36 bits per heavy atom. The van der Waals surface area contributed by atoms with E-state index < -0.39 is 4.92 Å². The molecule has 1 aromatic rings. The summed E-state index contributed by atoms with van der Waals surface area (Å²) in [7, 11) is 0. The first kappa shape index (κ1) is 16.5. The van der Waals surface area contributed by atoms with Crippen molar-refractivity contribution in [2.45, 2.75) is 13.3 Å².